The first kappa shape index (κ1) is 10.0. The van der Waals surface area contributed by atoms with E-state index >= 15 is 0 Å². The number of nitrogens with one attached hydrogen (secondary N) is 2. The van der Waals surface area contributed by atoms with Crippen LogP contribution < -0.4 is 10.6 Å². The van der Waals surface area contributed by atoms with Gasteiger partial charge in [0.05, 0.1) is 0 Å². The van der Waals surface area contributed by atoms with E-state index in [0.29, 0.717) is 0 Å². The van der Waals surface area contributed by atoms with E-state index in [2.05, 4.69) is 10.6 Å². The fourth-order valence-electron chi connectivity index (χ4n) is 0.931. The highest BCUT2D eigenvalue weighted by Crippen LogP contribution is 2.28. The molecule has 74 valence electrons. The van der Waals surface area contributed by atoms with E-state index in [1.165, 1.54) is 0 Å². The molecular weight excluding hydrogens is 168 g/mol. The predicted molar refractivity (Wildman–Crippen MR) is 49.2 cm³/mol. The van der Waals surface area contributed by atoms with Crippen LogP contribution in [-0.2, 0) is 4.79 Å². The molecule has 1 saturated carbocycles. The number of carbonyl (C=O) groups is 2. The SMILES string of the molecule is CC(C)(C)NC(=O)NC(=O)C1CC1. The zero-order valence-electron chi connectivity index (χ0n) is 8.31. The third kappa shape index (κ3) is 3.92. The molecule has 1 aliphatic rings. The number of carbonyl (C=O) groups excluding carboxylic acids is 2. The Kier molecular flexibility index (Phi) is 2.59. The lowest BCUT2D eigenvalue weighted by atomic mass is 10.1. The molecule has 4 heteroatoms. The van der Waals surface area contributed by atoms with Crippen molar-refractivity contribution in [1.82, 2.24) is 10.6 Å². The summed E-state index contributed by atoms with van der Waals surface area (Å²) in [6, 6.07) is -0.399. The number of hydrogen-bond acceptors (Lipinski definition) is 2. The summed E-state index contributed by atoms with van der Waals surface area (Å²) in [6.45, 7) is 5.61. The van der Waals surface area contributed by atoms with E-state index in [1.54, 1.807) is 0 Å². The Labute approximate surface area is 78.1 Å². The molecule has 3 amide bonds. The van der Waals surface area contributed by atoms with Gasteiger partial charge < -0.3 is 5.32 Å². The number of imide groups is 1. The Bertz CT molecular complexity index is 226. The van der Waals surface area contributed by atoms with Crippen molar-refractivity contribution >= 4 is 11.9 Å². The summed E-state index contributed by atoms with van der Waals surface area (Å²) in [4.78, 5) is 22.3. The topological polar surface area (TPSA) is 58.2 Å². The van der Waals surface area contributed by atoms with E-state index in [1.807, 2.05) is 20.8 Å². The Hall–Kier alpha value is -1.06. The molecule has 0 aromatic rings. The molecule has 1 aliphatic carbocycles. The molecule has 0 aromatic heterocycles. The minimum absolute atomic E-state index is 0.0747. The minimum atomic E-state index is -0.399. The summed E-state index contributed by atoms with van der Waals surface area (Å²) in [5, 5.41) is 4.97. The van der Waals surface area contributed by atoms with Gasteiger partial charge >= 0.3 is 6.03 Å². The third-order valence-corrected chi connectivity index (χ3v) is 1.67. The normalized spacial score (nSPS) is 16.5. The highest BCUT2D eigenvalue weighted by atomic mass is 16.2. The molecular formula is C9H16N2O2. The van der Waals surface area contributed by atoms with Crippen LogP contribution in [0.2, 0.25) is 0 Å². The molecule has 0 bridgehead atoms. The average molecular weight is 184 g/mol. The van der Waals surface area contributed by atoms with Gasteiger partial charge in [0.25, 0.3) is 0 Å². The summed E-state index contributed by atoms with van der Waals surface area (Å²) in [5.74, 6) is -0.0764. The number of hydrogen-bond donors (Lipinski definition) is 2. The van der Waals surface area contributed by atoms with Gasteiger partial charge in [-0.2, -0.15) is 0 Å². The molecule has 4 nitrogen and oxygen atoms in total. The van der Waals surface area contributed by atoms with Gasteiger partial charge in [0, 0.05) is 11.5 Å². The molecule has 0 aromatic carbocycles. The minimum Gasteiger partial charge on any atom is -0.333 e. The summed E-state index contributed by atoms with van der Waals surface area (Å²) in [6.07, 6.45) is 1.82. The van der Waals surface area contributed by atoms with Crippen LogP contribution in [0.3, 0.4) is 0 Å². The van der Waals surface area contributed by atoms with Gasteiger partial charge in [-0.3, -0.25) is 10.1 Å². The molecule has 13 heavy (non-hydrogen) atoms. The van der Waals surface area contributed by atoms with Crippen LogP contribution in [0, 0.1) is 5.92 Å². The molecule has 0 heterocycles. The molecule has 0 unspecified atom stereocenters. The summed E-state index contributed by atoms with van der Waals surface area (Å²) in [7, 11) is 0. The van der Waals surface area contributed by atoms with Crippen LogP contribution in [0.4, 0.5) is 4.79 Å². The monoisotopic (exact) mass is 184 g/mol. The molecule has 0 aliphatic heterocycles. The van der Waals surface area contributed by atoms with Crippen LogP contribution in [0.1, 0.15) is 33.6 Å². The number of rotatable bonds is 1. The first-order valence-corrected chi connectivity index (χ1v) is 4.51. The van der Waals surface area contributed by atoms with Gasteiger partial charge in [-0.25, -0.2) is 4.79 Å². The second kappa shape index (κ2) is 3.36. The predicted octanol–water partition coefficient (Wildman–Crippen LogP) is 1.02. The maximum Gasteiger partial charge on any atom is 0.321 e. The van der Waals surface area contributed by atoms with E-state index in [0.717, 1.165) is 12.8 Å². The van der Waals surface area contributed by atoms with Crippen molar-refractivity contribution in [1.29, 1.82) is 0 Å². The van der Waals surface area contributed by atoms with Crippen molar-refractivity contribution < 1.29 is 9.59 Å². The van der Waals surface area contributed by atoms with Gasteiger partial charge in [-0.1, -0.05) is 0 Å². The second-order valence-corrected chi connectivity index (χ2v) is 4.47. The quantitative estimate of drug-likeness (QED) is 0.639. The van der Waals surface area contributed by atoms with Crippen LogP contribution in [-0.4, -0.2) is 17.5 Å². The first-order valence-electron chi connectivity index (χ1n) is 4.51. The fourth-order valence-corrected chi connectivity index (χ4v) is 0.931. The highest BCUT2D eigenvalue weighted by Gasteiger charge is 2.31. The summed E-state index contributed by atoms with van der Waals surface area (Å²) in [5.41, 5.74) is -0.298. The van der Waals surface area contributed by atoms with E-state index < -0.39 is 6.03 Å². The maximum absolute atomic E-state index is 11.2. The molecule has 0 atom stereocenters. The molecule has 0 spiro atoms. The summed E-state index contributed by atoms with van der Waals surface area (Å²) < 4.78 is 0. The largest absolute Gasteiger partial charge is 0.333 e. The Balaban J connectivity index is 2.28. The lowest BCUT2D eigenvalue weighted by Crippen LogP contribution is -2.48. The Morgan fingerprint density at radius 1 is 1.23 bits per heavy atom. The van der Waals surface area contributed by atoms with Crippen molar-refractivity contribution in [2.75, 3.05) is 0 Å². The van der Waals surface area contributed by atoms with Crippen molar-refractivity contribution in [2.24, 2.45) is 5.92 Å². The van der Waals surface area contributed by atoms with Crippen molar-refractivity contribution in [3.8, 4) is 0 Å². The second-order valence-electron chi connectivity index (χ2n) is 4.47. The van der Waals surface area contributed by atoms with Gasteiger partial charge in [-0.15, -0.1) is 0 Å². The molecule has 2 N–H and O–H groups in total. The van der Waals surface area contributed by atoms with Gasteiger partial charge in [0.1, 0.15) is 0 Å². The maximum atomic E-state index is 11.2. The molecule has 1 rings (SSSR count). The van der Waals surface area contributed by atoms with Crippen LogP contribution in [0.5, 0.6) is 0 Å². The van der Waals surface area contributed by atoms with E-state index in [4.69, 9.17) is 0 Å². The van der Waals surface area contributed by atoms with Crippen LogP contribution in [0.15, 0.2) is 0 Å². The first-order chi connectivity index (χ1) is 5.88. The number of urea groups is 1. The van der Waals surface area contributed by atoms with Gasteiger partial charge in [0.2, 0.25) is 5.91 Å². The van der Waals surface area contributed by atoms with E-state index in [-0.39, 0.29) is 17.4 Å². The van der Waals surface area contributed by atoms with Crippen molar-refractivity contribution in [2.45, 2.75) is 39.2 Å². The lowest BCUT2D eigenvalue weighted by Gasteiger charge is -2.20. The zero-order chi connectivity index (χ0) is 10.1. The van der Waals surface area contributed by atoms with Crippen molar-refractivity contribution in [3.05, 3.63) is 0 Å². The molecule has 0 radical (unpaired) electrons. The zero-order valence-corrected chi connectivity index (χ0v) is 8.31. The lowest BCUT2D eigenvalue weighted by molar-refractivity contribution is -0.121. The standard InChI is InChI=1S/C9H16N2O2/c1-9(2,3)11-8(13)10-7(12)6-4-5-6/h6H,4-5H2,1-3H3,(H2,10,11,12,13). The average Bonchev–Trinajstić information content (AvgIpc) is 2.60. The van der Waals surface area contributed by atoms with E-state index in [9.17, 15) is 9.59 Å². The smallest absolute Gasteiger partial charge is 0.321 e. The number of amides is 3. The Morgan fingerprint density at radius 2 is 1.77 bits per heavy atom. The molecule has 1 fully saturated rings. The highest BCUT2D eigenvalue weighted by molar-refractivity contribution is 5.96. The van der Waals surface area contributed by atoms with Gasteiger partial charge in [-0.05, 0) is 33.6 Å². The summed E-state index contributed by atoms with van der Waals surface area (Å²) >= 11 is 0. The van der Waals surface area contributed by atoms with Crippen LogP contribution in [0.25, 0.3) is 0 Å². The third-order valence-electron chi connectivity index (χ3n) is 1.67. The van der Waals surface area contributed by atoms with Gasteiger partial charge in [0.15, 0.2) is 0 Å². The fraction of sp³-hybridized carbons (Fsp3) is 0.778. The Morgan fingerprint density at radius 3 is 2.15 bits per heavy atom. The molecule has 0 saturated heterocycles. The van der Waals surface area contributed by atoms with Crippen molar-refractivity contribution in [3.63, 3.8) is 0 Å². The van der Waals surface area contributed by atoms with Crippen LogP contribution >= 0.6 is 0 Å².